The predicted molar refractivity (Wildman–Crippen MR) is 56.3 cm³/mol. The van der Waals surface area contributed by atoms with Crippen LogP contribution in [0.15, 0.2) is 0 Å². The third-order valence-corrected chi connectivity index (χ3v) is 3.37. The van der Waals surface area contributed by atoms with Gasteiger partial charge in [-0.2, -0.15) is 0 Å². The number of hydrogen-bond donors (Lipinski definition) is 1. The largest absolute Gasteiger partial charge is 0.383 e. The van der Waals surface area contributed by atoms with Crippen LogP contribution < -0.4 is 5.73 Å². The van der Waals surface area contributed by atoms with E-state index in [4.69, 9.17) is 15.2 Å². The lowest BCUT2D eigenvalue weighted by Crippen LogP contribution is -2.63. The van der Waals surface area contributed by atoms with E-state index in [0.717, 1.165) is 26.0 Å². The van der Waals surface area contributed by atoms with Gasteiger partial charge in [0, 0.05) is 32.8 Å². The third kappa shape index (κ3) is 2.25. The van der Waals surface area contributed by atoms with E-state index in [1.807, 2.05) is 0 Å². The second kappa shape index (κ2) is 5.07. The first-order valence-corrected chi connectivity index (χ1v) is 5.11. The average molecular weight is 202 g/mol. The second-order valence-corrected chi connectivity index (χ2v) is 4.11. The zero-order chi connectivity index (χ0) is 10.6. The van der Waals surface area contributed by atoms with Gasteiger partial charge >= 0.3 is 0 Å². The van der Waals surface area contributed by atoms with Crippen LogP contribution in [0.3, 0.4) is 0 Å². The van der Waals surface area contributed by atoms with Crippen LogP contribution in [0.5, 0.6) is 0 Å². The van der Waals surface area contributed by atoms with Gasteiger partial charge in [-0.1, -0.05) is 0 Å². The molecule has 4 heteroatoms. The van der Waals surface area contributed by atoms with E-state index in [1.54, 1.807) is 14.2 Å². The highest BCUT2D eigenvalue weighted by Gasteiger charge is 2.46. The zero-order valence-corrected chi connectivity index (χ0v) is 9.45. The first-order chi connectivity index (χ1) is 6.68. The summed E-state index contributed by atoms with van der Waals surface area (Å²) in [4.78, 5) is 2.30. The number of ether oxygens (including phenoxy) is 2. The molecule has 0 aromatic carbocycles. The van der Waals surface area contributed by atoms with E-state index in [0.29, 0.717) is 12.6 Å². The van der Waals surface area contributed by atoms with Gasteiger partial charge in [-0.3, -0.25) is 4.90 Å². The van der Waals surface area contributed by atoms with Gasteiger partial charge in [-0.25, -0.2) is 0 Å². The monoisotopic (exact) mass is 202 g/mol. The quantitative estimate of drug-likeness (QED) is 0.662. The Morgan fingerprint density at radius 3 is 2.50 bits per heavy atom. The molecule has 1 aliphatic carbocycles. The molecule has 0 radical (unpaired) electrons. The van der Waals surface area contributed by atoms with Crippen LogP contribution in [0.1, 0.15) is 12.8 Å². The van der Waals surface area contributed by atoms with Gasteiger partial charge in [0.25, 0.3) is 0 Å². The third-order valence-electron chi connectivity index (χ3n) is 3.37. The van der Waals surface area contributed by atoms with Crippen LogP contribution in [0.25, 0.3) is 0 Å². The summed E-state index contributed by atoms with van der Waals surface area (Å²) < 4.78 is 10.3. The predicted octanol–water partition coefficient (Wildman–Crippen LogP) is 0.0709. The molecule has 2 N–H and O–H groups in total. The Morgan fingerprint density at radius 1 is 1.43 bits per heavy atom. The lowest BCUT2D eigenvalue weighted by Gasteiger charge is -2.52. The van der Waals surface area contributed by atoms with Crippen molar-refractivity contribution in [3.63, 3.8) is 0 Å². The molecular formula is C10H22N2O2. The molecule has 14 heavy (non-hydrogen) atoms. The Morgan fingerprint density at radius 2 is 2.07 bits per heavy atom. The zero-order valence-electron chi connectivity index (χ0n) is 9.45. The fourth-order valence-electron chi connectivity index (χ4n) is 2.05. The van der Waals surface area contributed by atoms with Crippen molar-refractivity contribution < 1.29 is 9.47 Å². The Hall–Kier alpha value is -0.160. The maximum absolute atomic E-state index is 5.82. The fourth-order valence-corrected chi connectivity index (χ4v) is 2.05. The highest BCUT2D eigenvalue weighted by atomic mass is 16.5. The van der Waals surface area contributed by atoms with Crippen molar-refractivity contribution >= 4 is 0 Å². The molecule has 0 heterocycles. The highest BCUT2D eigenvalue weighted by Crippen LogP contribution is 2.37. The number of nitrogens with zero attached hydrogens (tertiary/aromatic N) is 1. The highest BCUT2D eigenvalue weighted by molar-refractivity contribution is 5.03. The molecule has 1 fully saturated rings. The Labute approximate surface area is 86.3 Å². The molecule has 1 saturated carbocycles. The molecule has 0 spiro atoms. The van der Waals surface area contributed by atoms with Gasteiger partial charge in [0.05, 0.1) is 12.7 Å². The number of rotatable bonds is 6. The maximum Gasteiger partial charge on any atom is 0.0607 e. The summed E-state index contributed by atoms with van der Waals surface area (Å²) in [6.07, 6.45) is 2.48. The summed E-state index contributed by atoms with van der Waals surface area (Å²) >= 11 is 0. The molecule has 0 aromatic rings. The van der Waals surface area contributed by atoms with E-state index < -0.39 is 0 Å². The standard InChI is InChI=1S/C10H22N2O2/c1-12(4-5-13-2)10(8-11)6-9(7-10)14-3/h9H,4-8,11H2,1-3H3. The molecule has 0 amide bonds. The van der Waals surface area contributed by atoms with E-state index >= 15 is 0 Å². The van der Waals surface area contributed by atoms with Gasteiger partial charge in [-0.05, 0) is 19.9 Å². The Kier molecular flexibility index (Phi) is 4.31. The summed E-state index contributed by atoms with van der Waals surface area (Å²) in [7, 11) is 5.60. The number of methoxy groups -OCH3 is 2. The molecule has 0 saturated heterocycles. The minimum absolute atomic E-state index is 0.152. The molecule has 0 aliphatic heterocycles. The number of likely N-dealkylation sites (N-methyl/N-ethyl adjacent to an activating group) is 1. The molecule has 0 bridgehead atoms. The van der Waals surface area contributed by atoms with Crippen LogP contribution in [0.2, 0.25) is 0 Å². The van der Waals surface area contributed by atoms with Crippen LogP contribution in [-0.4, -0.2) is 57.5 Å². The first-order valence-electron chi connectivity index (χ1n) is 5.11. The van der Waals surface area contributed by atoms with E-state index in [9.17, 15) is 0 Å². The average Bonchev–Trinajstić information content (AvgIpc) is 2.14. The lowest BCUT2D eigenvalue weighted by molar-refractivity contribution is -0.0822. The second-order valence-electron chi connectivity index (χ2n) is 4.11. The molecular weight excluding hydrogens is 180 g/mol. The van der Waals surface area contributed by atoms with Gasteiger partial charge in [0.2, 0.25) is 0 Å². The molecule has 1 aliphatic rings. The van der Waals surface area contributed by atoms with E-state index in [1.165, 1.54) is 0 Å². The maximum atomic E-state index is 5.82. The van der Waals surface area contributed by atoms with Crippen LogP contribution >= 0.6 is 0 Å². The SMILES string of the molecule is COCCN(C)C1(CN)CC(OC)C1. The minimum atomic E-state index is 0.152. The van der Waals surface area contributed by atoms with Crippen molar-refractivity contribution in [2.24, 2.45) is 5.73 Å². The molecule has 4 nitrogen and oxygen atoms in total. The summed E-state index contributed by atoms with van der Waals surface area (Å²) in [6, 6.07) is 0. The molecule has 1 rings (SSSR count). The summed E-state index contributed by atoms with van der Waals surface area (Å²) in [5, 5.41) is 0. The topological polar surface area (TPSA) is 47.7 Å². The Bertz CT molecular complexity index is 170. The van der Waals surface area contributed by atoms with Crippen LogP contribution in [-0.2, 0) is 9.47 Å². The van der Waals surface area contributed by atoms with Gasteiger partial charge in [0.1, 0.15) is 0 Å². The molecule has 0 aromatic heterocycles. The minimum Gasteiger partial charge on any atom is -0.383 e. The van der Waals surface area contributed by atoms with E-state index in [-0.39, 0.29) is 5.54 Å². The molecule has 0 unspecified atom stereocenters. The van der Waals surface area contributed by atoms with Crippen molar-refractivity contribution in [2.75, 3.05) is 41.0 Å². The van der Waals surface area contributed by atoms with Crippen LogP contribution in [0, 0.1) is 0 Å². The summed E-state index contributed by atoms with van der Waals surface area (Å²) in [5.41, 5.74) is 5.97. The normalized spacial score (nSPS) is 31.9. The summed E-state index contributed by atoms with van der Waals surface area (Å²) in [6.45, 7) is 2.40. The van der Waals surface area contributed by atoms with E-state index in [2.05, 4.69) is 11.9 Å². The van der Waals surface area contributed by atoms with Crippen molar-refractivity contribution in [2.45, 2.75) is 24.5 Å². The van der Waals surface area contributed by atoms with Gasteiger partial charge in [0.15, 0.2) is 0 Å². The van der Waals surface area contributed by atoms with Crippen molar-refractivity contribution in [1.82, 2.24) is 4.90 Å². The van der Waals surface area contributed by atoms with Crippen molar-refractivity contribution in [1.29, 1.82) is 0 Å². The van der Waals surface area contributed by atoms with Crippen molar-refractivity contribution in [3.05, 3.63) is 0 Å². The first kappa shape index (κ1) is 11.9. The molecule has 84 valence electrons. The van der Waals surface area contributed by atoms with Gasteiger partial charge < -0.3 is 15.2 Å². The fraction of sp³-hybridized carbons (Fsp3) is 1.00. The summed E-state index contributed by atoms with van der Waals surface area (Å²) in [5.74, 6) is 0. The lowest BCUT2D eigenvalue weighted by atomic mass is 9.73. The van der Waals surface area contributed by atoms with Crippen LogP contribution in [0.4, 0.5) is 0 Å². The van der Waals surface area contributed by atoms with Crippen molar-refractivity contribution in [3.8, 4) is 0 Å². The van der Waals surface area contributed by atoms with Gasteiger partial charge in [-0.15, -0.1) is 0 Å². The number of hydrogen-bond acceptors (Lipinski definition) is 4. The molecule has 0 atom stereocenters. The Balaban J connectivity index is 2.38. The smallest absolute Gasteiger partial charge is 0.0607 e. The number of nitrogens with two attached hydrogens (primary N) is 1.